The number of carboxylic acid groups (broad SMARTS) is 1. The van der Waals surface area contributed by atoms with Gasteiger partial charge in [-0.15, -0.1) is 0 Å². The van der Waals surface area contributed by atoms with Crippen molar-refractivity contribution in [1.29, 1.82) is 0 Å². The third kappa shape index (κ3) is 6.40. The summed E-state index contributed by atoms with van der Waals surface area (Å²) in [4.78, 5) is 34.0. The zero-order valence-corrected chi connectivity index (χ0v) is 13.7. The molecule has 2 rings (SSSR count). The van der Waals surface area contributed by atoms with E-state index in [1.807, 2.05) is 0 Å². The first-order valence-corrected chi connectivity index (χ1v) is 8.40. The quantitative estimate of drug-likeness (QED) is 0.714. The van der Waals surface area contributed by atoms with Crippen molar-refractivity contribution in [3.8, 4) is 0 Å². The van der Waals surface area contributed by atoms with Crippen LogP contribution in [0.5, 0.6) is 0 Å². The molecule has 0 radical (unpaired) electrons. The molecular formula is C18H24N2O4. The first-order valence-electron chi connectivity index (χ1n) is 8.40. The highest BCUT2D eigenvalue weighted by Gasteiger charge is 2.17. The lowest BCUT2D eigenvalue weighted by molar-refractivity contribution is -0.137. The zero-order chi connectivity index (χ0) is 17.4. The van der Waals surface area contributed by atoms with Crippen LogP contribution < -0.4 is 10.6 Å². The predicted molar refractivity (Wildman–Crippen MR) is 90.6 cm³/mol. The maximum atomic E-state index is 12.1. The van der Waals surface area contributed by atoms with Crippen LogP contribution in [0.4, 0.5) is 5.69 Å². The van der Waals surface area contributed by atoms with Gasteiger partial charge >= 0.3 is 5.97 Å². The first-order chi connectivity index (χ1) is 11.5. The Hall–Kier alpha value is -2.37. The Kier molecular flexibility index (Phi) is 6.78. The van der Waals surface area contributed by atoms with Crippen molar-refractivity contribution in [2.75, 3.05) is 11.9 Å². The number of nitrogens with one attached hydrogen (secondary N) is 2. The molecule has 6 nitrogen and oxygen atoms in total. The minimum atomic E-state index is -1.07. The van der Waals surface area contributed by atoms with Crippen molar-refractivity contribution < 1.29 is 19.5 Å². The van der Waals surface area contributed by atoms with E-state index in [-0.39, 0.29) is 24.8 Å². The summed E-state index contributed by atoms with van der Waals surface area (Å²) in [7, 11) is 0. The first kappa shape index (κ1) is 18.0. The third-order valence-electron chi connectivity index (χ3n) is 4.24. The molecule has 1 aliphatic rings. The van der Waals surface area contributed by atoms with Crippen LogP contribution in [0.2, 0.25) is 0 Å². The lowest BCUT2D eigenvalue weighted by atomic mass is 9.87. The van der Waals surface area contributed by atoms with E-state index >= 15 is 0 Å². The second kappa shape index (κ2) is 9.05. The molecule has 1 aromatic carbocycles. The van der Waals surface area contributed by atoms with Gasteiger partial charge in [0.1, 0.15) is 6.54 Å². The summed E-state index contributed by atoms with van der Waals surface area (Å²) in [6.07, 6.45) is 6.67. The van der Waals surface area contributed by atoms with Gasteiger partial charge in [-0.2, -0.15) is 0 Å². The Morgan fingerprint density at radius 2 is 1.67 bits per heavy atom. The Bertz CT molecular complexity index is 577. The van der Waals surface area contributed by atoms with Gasteiger partial charge in [0, 0.05) is 12.1 Å². The summed E-state index contributed by atoms with van der Waals surface area (Å²) in [5.74, 6) is -0.879. The normalized spacial score (nSPS) is 14.8. The Morgan fingerprint density at radius 3 is 2.29 bits per heavy atom. The second-order valence-corrected chi connectivity index (χ2v) is 6.30. The number of hydrogen-bond donors (Lipinski definition) is 3. The van der Waals surface area contributed by atoms with Crippen molar-refractivity contribution >= 4 is 23.5 Å². The number of rotatable bonds is 7. The fourth-order valence-corrected chi connectivity index (χ4v) is 2.99. The highest BCUT2D eigenvalue weighted by Crippen LogP contribution is 2.26. The number of aliphatic carboxylic acids is 1. The zero-order valence-electron chi connectivity index (χ0n) is 13.7. The molecule has 1 aliphatic carbocycles. The number of carbonyl (C=O) groups is 3. The standard InChI is InChI=1S/C18H24N2O4/c21-16(19-12-18(23)24)10-14-6-8-15(9-7-14)20-17(22)11-13-4-2-1-3-5-13/h6-9,13H,1-5,10-12H2,(H,19,21)(H,20,22)(H,23,24). The van der Waals surface area contributed by atoms with Gasteiger partial charge in [0.25, 0.3) is 0 Å². The van der Waals surface area contributed by atoms with Crippen molar-refractivity contribution in [2.45, 2.75) is 44.9 Å². The van der Waals surface area contributed by atoms with Crippen LogP contribution in [-0.2, 0) is 20.8 Å². The number of benzene rings is 1. The molecule has 3 N–H and O–H groups in total. The van der Waals surface area contributed by atoms with E-state index in [1.165, 1.54) is 19.3 Å². The SMILES string of the molecule is O=C(O)CNC(=O)Cc1ccc(NC(=O)CC2CCCCC2)cc1. The van der Waals surface area contributed by atoms with Gasteiger partial charge in [-0.25, -0.2) is 0 Å². The molecule has 6 heteroatoms. The molecular weight excluding hydrogens is 308 g/mol. The Labute approximate surface area is 141 Å². The highest BCUT2D eigenvalue weighted by atomic mass is 16.4. The van der Waals surface area contributed by atoms with Gasteiger partial charge in [-0.3, -0.25) is 14.4 Å². The third-order valence-corrected chi connectivity index (χ3v) is 4.24. The maximum Gasteiger partial charge on any atom is 0.322 e. The van der Waals surface area contributed by atoms with E-state index in [1.54, 1.807) is 24.3 Å². The highest BCUT2D eigenvalue weighted by molar-refractivity contribution is 5.91. The topological polar surface area (TPSA) is 95.5 Å². The Morgan fingerprint density at radius 1 is 1.00 bits per heavy atom. The van der Waals surface area contributed by atoms with Gasteiger partial charge in [0.15, 0.2) is 0 Å². The molecule has 1 fully saturated rings. The summed E-state index contributed by atoms with van der Waals surface area (Å²) >= 11 is 0. The van der Waals surface area contributed by atoms with Gasteiger partial charge in [0.05, 0.1) is 6.42 Å². The molecule has 0 saturated heterocycles. The summed E-state index contributed by atoms with van der Waals surface area (Å²) in [5, 5.41) is 13.7. The van der Waals surface area contributed by atoms with Crippen molar-refractivity contribution in [2.24, 2.45) is 5.92 Å². The minimum absolute atomic E-state index is 0.0360. The Balaban J connectivity index is 1.77. The van der Waals surface area contributed by atoms with E-state index in [4.69, 9.17) is 5.11 Å². The van der Waals surface area contributed by atoms with E-state index in [0.29, 0.717) is 18.0 Å². The minimum Gasteiger partial charge on any atom is -0.480 e. The summed E-state index contributed by atoms with van der Waals surface area (Å²) in [5.41, 5.74) is 1.48. The van der Waals surface area contributed by atoms with E-state index in [9.17, 15) is 14.4 Å². The van der Waals surface area contributed by atoms with Gasteiger partial charge < -0.3 is 15.7 Å². The van der Waals surface area contributed by atoms with Gasteiger partial charge in [-0.05, 0) is 36.5 Å². The fourth-order valence-electron chi connectivity index (χ4n) is 2.99. The second-order valence-electron chi connectivity index (χ2n) is 6.30. The molecule has 24 heavy (non-hydrogen) atoms. The molecule has 0 aliphatic heterocycles. The summed E-state index contributed by atoms with van der Waals surface area (Å²) in [6.45, 7) is -0.381. The number of hydrogen-bond acceptors (Lipinski definition) is 3. The molecule has 0 heterocycles. The smallest absolute Gasteiger partial charge is 0.322 e. The molecule has 1 aromatic rings. The summed E-state index contributed by atoms with van der Waals surface area (Å²) < 4.78 is 0. The molecule has 0 atom stereocenters. The molecule has 0 bridgehead atoms. The average Bonchev–Trinajstić information content (AvgIpc) is 2.55. The van der Waals surface area contributed by atoms with E-state index in [0.717, 1.165) is 18.4 Å². The number of carbonyl (C=O) groups excluding carboxylic acids is 2. The van der Waals surface area contributed by atoms with Crippen LogP contribution in [0.3, 0.4) is 0 Å². The number of anilines is 1. The molecule has 1 saturated carbocycles. The van der Waals surface area contributed by atoms with E-state index < -0.39 is 5.97 Å². The van der Waals surface area contributed by atoms with Crippen LogP contribution in [0.15, 0.2) is 24.3 Å². The lowest BCUT2D eigenvalue weighted by Gasteiger charge is -2.20. The van der Waals surface area contributed by atoms with Gasteiger partial charge in [0.2, 0.25) is 11.8 Å². The maximum absolute atomic E-state index is 12.1. The number of carboxylic acids is 1. The predicted octanol–water partition coefficient (Wildman–Crippen LogP) is 2.34. The monoisotopic (exact) mass is 332 g/mol. The lowest BCUT2D eigenvalue weighted by Crippen LogP contribution is -2.30. The van der Waals surface area contributed by atoms with Crippen LogP contribution in [0, 0.1) is 5.92 Å². The van der Waals surface area contributed by atoms with Crippen molar-refractivity contribution in [1.82, 2.24) is 5.32 Å². The molecule has 0 unspecified atom stereocenters. The van der Waals surface area contributed by atoms with Crippen molar-refractivity contribution in [3.63, 3.8) is 0 Å². The number of amides is 2. The summed E-state index contributed by atoms with van der Waals surface area (Å²) in [6, 6.07) is 7.05. The van der Waals surface area contributed by atoms with Crippen LogP contribution >= 0.6 is 0 Å². The average molecular weight is 332 g/mol. The van der Waals surface area contributed by atoms with Crippen molar-refractivity contribution in [3.05, 3.63) is 29.8 Å². The largest absolute Gasteiger partial charge is 0.480 e. The van der Waals surface area contributed by atoms with E-state index in [2.05, 4.69) is 10.6 Å². The molecule has 0 aromatic heterocycles. The molecule has 2 amide bonds. The van der Waals surface area contributed by atoms with Crippen LogP contribution in [0.1, 0.15) is 44.1 Å². The van der Waals surface area contributed by atoms with Gasteiger partial charge in [-0.1, -0.05) is 31.4 Å². The molecule has 0 spiro atoms. The van der Waals surface area contributed by atoms with Crippen LogP contribution in [-0.4, -0.2) is 29.4 Å². The molecule has 130 valence electrons. The van der Waals surface area contributed by atoms with Crippen LogP contribution in [0.25, 0.3) is 0 Å². The fraction of sp³-hybridized carbons (Fsp3) is 0.500.